The molecule has 0 fully saturated rings. The van der Waals surface area contributed by atoms with Crippen molar-refractivity contribution in [1.29, 1.82) is 0 Å². The highest BCUT2D eigenvalue weighted by atomic mass is 32.2. The Bertz CT molecular complexity index is 614. The third-order valence-corrected chi connectivity index (χ3v) is 8.11. The molecule has 6 heteroatoms. The minimum atomic E-state index is 0.656. The Labute approximate surface area is 134 Å². The molecule has 3 aliphatic rings. The Kier molecular flexibility index (Phi) is 3.72. The van der Waals surface area contributed by atoms with Crippen LogP contribution in [0.4, 0.5) is 0 Å². The Morgan fingerprint density at radius 3 is 2.20 bits per heavy atom. The second-order valence-electron chi connectivity index (χ2n) is 4.12. The van der Waals surface area contributed by atoms with Gasteiger partial charge in [-0.25, -0.2) is 0 Å². The predicted octanol–water partition coefficient (Wildman–Crippen LogP) is 5.25. The third-order valence-electron chi connectivity index (χ3n) is 2.79. The first-order valence-electron chi connectivity index (χ1n) is 6.10. The van der Waals surface area contributed by atoms with E-state index in [9.17, 15) is 0 Å². The molecule has 0 atom stereocenters. The van der Waals surface area contributed by atoms with Gasteiger partial charge >= 0.3 is 0 Å². The first-order valence-corrected chi connectivity index (χ1v) is 9.43. The Morgan fingerprint density at radius 2 is 1.50 bits per heavy atom. The van der Waals surface area contributed by atoms with Crippen LogP contribution in [0.25, 0.3) is 4.91 Å². The highest BCUT2D eigenvalue weighted by molar-refractivity contribution is 8.35. The molecular formula is C14H10O2S4. The lowest BCUT2D eigenvalue weighted by Gasteiger charge is -2.13. The van der Waals surface area contributed by atoms with E-state index >= 15 is 0 Å². The van der Waals surface area contributed by atoms with Crippen molar-refractivity contribution < 1.29 is 9.47 Å². The van der Waals surface area contributed by atoms with Gasteiger partial charge in [-0.3, -0.25) is 0 Å². The highest BCUT2D eigenvalue weighted by Gasteiger charge is 2.31. The smallest absolute Gasteiger partial charge is 0.208 e. The van der Waals surface area contributed by atoms with Crippen molar-refractivity contribution in [1.82, 2.24) is 0 Å². The molecule has 3 heterocycles. The molecule has 0 aliphatic carbocycles. The minimum Gasteiger partial charge on any atom is -0.480 e. The maximum Gasteiger partial charge on any atom is 0.208 e. The van der Waals surface area contributed by atoms with Gasteiger partial charge in [0.1, 0.15) is 13.2 Å². The van der Waals surface area contributed by atoms with Crippen molar-refractivity contribution in [2.24, 2.45) is 0 Å². The number of thioether (sulfide) groups is 4. The highest BCUT2D eigenvalue weighted by Crippen LogP contribution is 2.60. The van der Waals surface area contributed by atoms with Gasteiger partial charge in [-0.05, 0) is 34.5 Å². The molecule has 0 bridgehead atoms. The molecule has 0 saturated heterocycles. The summed E-state index contributed by atoms with van der Waals surface area (Å²) < 4.78 is 13.9. The van der Waals surface area contributed by atoms with Crippen LogP contribution in [0.15, 0.2) is 54.4 Å². The summed E-state index contributed by atoms with van der Waals surface area (Å²) in [7, 11) is 0. The van der Waals surface area contributed by atoms with Gasteiger partial charge in [-0.15, -0.1) is 0 Å². The van der Waals surface area contributed by atoms with Crippen LogP contribution in [0.2, 0.25) is 0 Å². The first-order chi connectivity index (χ1) is 9.90. The maximum absolute atomic E-state index is 5.63. The van der Waals surface area contributed by atoms with E-state index in [2.05, 4.69) is 29.7 Å². The molecular weight excluding hydrogens is 328 g/mol. The average molecular weight is 338 g/mol. The summed E-state index contributed by atoms with van der Waals surface area (Å²) in [5.74, 6) is 0. The molecule has 0 saturated carbocycles. The predicted molar refractivity (Wildman–Crippen MR) is 90.7 cm³/mol. The molecule has 2 nitrogen and oxygen atoms in total. The van der Waals surface area contributed by atoms with Crippen molar-refractivity contribution >= 4 is 52.0 Å². The van der Waals surface area contributed by atoms with Gasteiger partial charge < -0.3 is 9.47 Å². The minimum absolute atomic E-state index is 0.656. The standard InChI is InChI=1S/C14H10O2S4/c1-2-4-9(5-3-1)10-8-17-13(18-10)14-19-11-12(20-14)16-7-6-15-11/h1-5,8H,6-7H2. The van der Waals surface area contributed by atoms with E-state index in [0.29, 0.717) is 13.2 Å². The molecule has 3 aliphatic heterocycles. The van der Waals surface area contributed by atoms with E-state index in [1.54, 1.807) is 35.3 Å². The van der Waals surface area contributed by atoms with Crippen LogP contribution in [-0.2, 0) is 9.47 Å². The summed E-state index contributed by atoms with van der Waals surface area (Å²) in [6.07, 6.45) is 0. The molecule has 0 radical (unpaired) electrons. The van der Waals surface area contributed by atoms with Gasteiger partial charge in [0.2, 0.25) is 10.2 Å². The van der Waals surface area contributed by atoms with E-state index in [0.717, 1.165) is 10.2 Å². The zero-order valence-corrected chi connectivity index (χ0v) is 13.6. The topological polar surface area (TPSA) is 18.5 Å². The summed E-state index contributed by atoms with van der Waals surface area (Å²) in [5, 5.41) is 4.08. The number of benzene rings is 1. The Balaban J connectivity index is 1.52. The van der Waals surface area contributed by atoms with Crippen LogP contribution >= 0.6 is 47.0 Å². The van der Waals surface area contributed by atoms with Gasteiger partial charge in [-0.1, -0.05) is 53.9 Å². The van der Waals surface area contributed by atoms with Crippen molar-refractivity contribution in [2.45, 2.75) is 0 Å². The van der Waals surface area contributed by atoms with Crippen LogP contribution in [0.5, 0.6) is 0 Å². The van der Waals surface area contributed by atoms with Crippen molar-refractivity contribution in [3.8, 4) is 0 Å². The van der Waals surface area contributed by atoms with E-state index < -0.39 is 0 Å². The lowest BCUT2D eigenvalue weighted by molar-refractivity contribution is 0.0949. The monoisotopic (exact) mass is 338 g/mol. The lowest BCUT2D eigenvalue weighted by Crippen LogP contribution is -2.08. The lowest BCUT2D eigenvalue weighted by atomic mass is 10.2. The molecule has 4 rings (SSSR count). The van der Waals surface area contributed by atoms with Crippen molar-refractivity contribution in [3.05, 3.63) is 60.0 Å². The molecule has 20 heavy (non-hydrogen) atoms. The van der Waals surface area contributed by atoms with Crippen LogP contribution in [-0.4, -0.2) is 13.2 Å². The number of ether oxygens (including phenoxy) is 2. The quantitative estimate of drug-likeness (QED) is 0.691. The van der Waals surface area contributed by atoms with Crippen molar-refractivity contribution in [2.75, 3.05) is 13.2 Å². The van der Waals surface area contributed by atoms with E-state index in [4.69, 9.17) is 9.47 Å². The normalized spacial score (nSPS) is 21.5. The van der Waals surface area contributed by atoms with Crippen molar-refractivity contribution in [3.63, 3.8) is 0 Å². The number of rotatable bonds is 1. The summed E-state index contributed by atoms with van der Waals surface area (Å²) >= 11 is 7.00. The largest absolute Gasteiger partial charge is 0.480 e. The Morgan fingerprint density at radius 1 is 0.800 bits per heavy atom. The van der Waals surface area contributed by atoms with E-state index in [-0.39, 0.29) is 0 Å². The molecule has 0 N–H and O–H groups in total. The molecule has 0 unspecified atom stereocenters. The fourth-order valence-electron chi connectivity index (χ4n) is 1.88. The molecule has 102 valence electrons. The van der Waals surface area contributed by atoms with Crippen LogP contribution in [0.3, 0.4) is 0 Å². The van der Waals surface area contributed by atoms with E-state index in [1.165, 1.54) is 18.9 Å². The van der Waals surface area contributed by atoms with Gasteiger partial charge in [0.15, 0.2) is 0 Å². The fraction of sp³-hybridized carbons (Fsp3) is 0.143. The Hall–Kier alpha value is -0.560. The molecule has 0 spiro atoms. The summed E-state index contributed by atoms with van der Waals surface area (Å²) in [5.41, 5.74) is 1.28. The fourth-order valence-corrected chi connectivity index (χ4v) is 6.78. The average Bonchev–Trinajstić information content (AvgIpc) is 3.14. The van der Waals surface area contributed by atoms with Gasteiger partial charge in [0.05, 0.1) is 8.47 Å². The molecule has 1 aromatic rings. The zero-order chi connectivity index (χ0) is 13.4. The SMILES string of the molecule is C1=C(c2ccccc2)SC(=C2SC3=C(OCCO3)S2)S1. The van der Waals surface area contributed by atoms with E-state index in [1.807, 2.05) is 17.8 Å². The maximum atomic E-state index is 5.63. The second kappa shape index (κ2) is 5.67. The first kappa shape index (κ1) is 13.1. The molecule has 0 amide bonds. The van der Waals surface area contributed by atoms with Crippen LogP contribution in [0, 0.1) is 0 Å². The zero-order valence-electron chi connectivity index (χ0n) is 10.3. The third kappa shape index (κ3) is 2.50. The second-order valence-corrected chi connectivity index (χ2v) is 8.53. The number of hydrogen-bond acceptors (Lipinski definition) is 6. The van der Waals surface area contributed by atoms with Gasteiger partial charge in [0.25, 0.3) is 0 Å². The van der Waals surface area contributed by atoms with Crippen LogP contribution < -0.4 is 0 Å². The van der Waals surface area contributed by atoms with Gasteiger partial charge in [0, 0.05) is 4.91 Å². The van der Waals surface area contributed by atoms with Gasteiger partial charge in [-0.2, -0.15) is 0 Å². The molecule has 0 aromatic heterocycles. The number of hydrogen-bond donors (Lipinski definition) is 0. The summed E-state index contributed by atoms with van der Waals surface area (Å²) in [6.45, 7) is 1.31. The molecule has 1 aromatic carbocycles. The summed E-state index contributed by atoms with van der Waals surface area (Å²) in [4.78, 5) is 1.31. The summed E-state index contributed by atoms with van der Waals surface area (Å²) in [6, 6.07) is 10.5. The van der Waals surface area contributed by atoms with Crippen LogP contribution in [0.1, 0.15) is 5.56 Å².